The van der Waals surface area contributed by atoms with E-state index in [1.165, 1.54) is 76.1 Å². The number of rotatable bonds is 2. The molecule has 0 heteroatoms. The van der Waals surface area contributed by atoms with E-state index in [2.05, 4.69) is 146 Å². The molecule has 0 nitrogen and oxygen atoms in total. The van der Waals surface area contributed by atoms with Gasteiger partial charge in [-0.05, 0) is 100 Å². The third-order valence-corrected chi connectivity index (χ3v) is 8.00. The first-order chi connectivity index (χ1) is 18.8. The quantitative estimate of drug-likeness (QED) is 0.170. The van der Waals surface area contributed by atoms with Crippen molar-refractivity contribution in [2.45, 2.75) is 0 Å². The summed E-state index contributed by atoms with van der Waals surface area (Å²) in [6.45, 7) is 0. The number of hydrogen-bond donors (Lipinski definition) is 0. The van der Waals surface area contributed by atoms with Crippen LogP contribution in [0.2, 0.25) is 0 Å². The highest BCUT2D eigenvalue weighted by atomic mass is 14.1. The Hall–Kier alpha value is -4.94. The fraction of sp³-hybridized carbons (Fsp3) is 0. The molecule has 0 aromatic heterocycles. The van der Waals surface area contributed by atoms with Crippen molar-refractivity contribution in [2.24, 2.45) is 0 Å². The van der Waals surface area contributed by atoms with Gasteiger partial charge in [-0.3, -0.25) is 0 Å². The minimum Gasteiger partial charge on any atom is -0.0616 e. The van der Waals surface area contributed by atoms with Crippen molar-refractivity contribution >= 4 is 53.9 Å². The zero-order valence-electron chi connectivity index (χ0n) is 20.9. The second-order valence-electron chi connectivity index (χ2n) is 10.2. The molecule has 176 valence electrons. The lowest BCUT2D eigenvalue weighted by molar-refractivity contribution is 1.68. The van der Waals surface area contributed by atoms with Crippen molar-refractivity contribution in [3.8, 4) is 22.3 Å². The summed E-state index contributed by atoms with van der Waals surface area (Å²) in [6, 6.07) is 53.4. The van der Waals surface area contributed by atoms with Crippen LogP contribution in [0.25, 0.3) is 76.1 Å². The Morgan fingerprint density at radius 1 is 0.237 bits per heavy atom. The molecule has 0 aliphatic rings. The second kappa shape index (κ2) is 8.30. The molecular formula is C38H24. The lowest BCUT2D eigenvalue weighted by Crippen LogP contribution is -1.86. The van der Waals surface area contributed by atoms with Crippen LogP contribution in [0, 0.1) is 0 Å². The first-order valence-electron chi connectivity index (χ1n) is 13.2. The molecule has 0 fully saturated rings. The highest BCUT2D eigenvalue weighted by Crippen LogP contribution is 2.38. The van der Waals surface area contributed by atoms with E-state index >= 15 is 0 Å². The highest BCUT2D eigenvalue weighted by Gasteiger charge is 2.11. The number of benzene rings is 8. The molecule has 0 unspecified atom stereocenters. The summed E-state index contributed by atoms with van der Waals surface area (Å²) in [6.07, 6.45) is 0. The first-order valence-corrected chi connectivity index (χ1v) is 13.2. The summed E-state index contributed by atoms with van der Waals surface area (Å²) >= 11 is 0. The van der Waals surface area contributed by atoms with E-state index in [9.17, 15) is 0 Å². The van der Waals surface area contributed by atoms with Gasteiger partial charge in [0.25, 0.3) is 0 Å². The third kappa shape index (κ3) is 3.31. The lowest BCUT2D eigenvalue weighted by atomic mass is 9.90. The van der Waals surface area contributed by atoms with Gasteiger partial charge in [-0.2, -0.15) is 0 Å². The first kappa shape index (κ1) is 21.2. The Morgan fingerprint density at radius 3 is 1.42 bits per heavy atom. The molecule has 0 aliphatic heterocycles. The molecule has 0 spiro atoms. The SMILES string of the molecule is c1ccc2cc(-c3cccc4cc5c(ccc6c(-c7ccc8ccccc8c7)cccc65)cc34)ccc2c1. The maximum atomic E-state index is 2.38. The largest absolute Gasteiger partial charge is 0.0616 e. The summed E-state index contributed by atoms with van der Waals surface area (Å²) in [5.41, 5.74) is 5.07. The van der Waals surface area contributed by atoms with Gasteiger partial charge >= 0.3 is 0 Å². The van der Waals surface area contributed by atoms with Crippen LogP contribution in [0.4, 0.5) is 0 Å². The molecular weight excluding hydrogens is 456 g/mol. The van der Waals surface area contributed by atoms with E-state index in [4.69, 9.17) is 0 Å². The van der Waals surface area contributed by atoms with Crippen molar-refractivity contribution in [3.63, 3.8) is 0 Å². The third-order valence-electron chi connectivity index (χ3n) is 8.00. The predicted molar refractivity (Wildman–Crippen MR) is 165 cm³/mol. The maximum absolute atomic E-state index is 2.38. The summed E-state index contributed by atoms with van der Waals surface area (Å²) in [5, 5.41) is 12.8. The summed E-state index contributed by atoms with van der Waals surface area (Å²) in [5.74, 6) is 0. The van der Waals surface area contributed by atoms with Crippen LogP contribution in [0.15, 0.2) is 146 Å². The molecule has 0 saturated carbocycles. The molecule has 8 aromatic rings. The molecule has 0 heterocycles. The monoisotopic (exact) mass is 480 g/mol. The summed E-state index contributed by atoms with van der Waals surface area (Å²) in [4.78, 5) is 0. The molecule has 8 rings (SSSR count). The fourth-order valence-corrected chi connectivity index (χ4v) is 6.08. The Kier molecular flexibility index (Phi) is 4.62. The van der Waals surface area contributed by atoms with Crippen molar-refractivity contribution in [2.75, 3.05) is 0 Å². The van der Waals surface area contributed by atoms with Crippen molar-refractivity contribution in [1.29, 1.82) is 0 Å². The number of hydrogen-bond acceptors (Lipinski definition) is 0. The van der Waals surface area contributed by atoms with Crippen molar-refractivity contribution < 1.29 is 0 Å². The standard InChI is InChI=1S/C38H24/c1-3-9-27-21-30(17-15-25(27)7-1)33-13-6-14-35-36(33)20-19-32-24-37-29(23-38(32)35)11-5-12-34(37)31-18-16-26-8-2-4-10-28(26)22-31/h1-24H. The minimum absolute atomic E-state index is 1.26. The van der Waals surface area contributed by atoms with E-state index in [0.29, 0.717) is 0 Å². The molecule has 8 aromatic carbocycles. The molecule has 0 aliphatic carbocycles. The molecule has 0 N–H and O–H groups in total. The van der Waals surface area contributed by atoms with Gasteiger partial charge in [0.1, 0.15) is 0 Å². The Labute approximate surface area is 221 Å². The van der Waals surface area contributed by atoms with Crippen LogP contribution >= 0.6 is 0 Å². The molecule has 0 saturated heterocycles. The van der Waals surface area contributed by atoms with Gasteiger partial charge in [0.05, 0.1) is 0 Å². The predicted octanol–water partition coefficient (Wildman–Crippen LogP) is 10.8. The van der Waals surface area contributed by atoms with Crippen LogP contribution in [-0.4, -0.2) is 0 Å². The van der Waals surface area contributed by atoms with Gasteiger partial charge in [0.15, 0.2) is 0 Å². The Morgan fingerprint density at radius 2 is 0.737 bits per heavy atom. The van der Waals surface area contributed by atoms with Crippen LogP contribution in [0.1, 0.15) is 0 Å². The van der Waals surface area contributed by atoms with Crippen LogP contribution in [0.3, 0.4) is 0 Å². The smallest absolute Gasteiger partial charge is 0.00988 e. The van der Waals surface area contributed by atoms with Crippen molar-refractivity contribution in [3.05, 3.63) is 146 Å². The zero-order valence-corrected chi connectivity index (χ0v) is 20.9. The van der Waals surface area contributed by atoms with Crippen LogP contribution < -0.4 is 0 Å². The van der Waals surface area contributed by atoms with Gasteiger partial charge in [-0.15, -0.1) is 0 Å². The summed E-state index contributed by atoms with van der Waals surface area (Å²) < 4.78 is 0. The van der Waals surface area contributed by atoms with Gasteiger partial charge in [-0.1, -0.05) is 121 Å². The zero-order chi connectivity index (χ0) is 25.1. The Balaban J connectivity index is 1.34. The van der Waals surface area contributed by atoms with Crippen LogP contribution in [0.5, 0.6) is 0 Å². The van der Waals surface area contributed by atoms with Crippen molar-refractivity contribution in [1.82, 2.24) is 0 Å². The maximum Gasteiger partial charge on any atom is -0.00988 e. The van der Waals surface area contributed by atoms with Gasteiger partial charge in [0.2, 0.25) is 0 Å². The molecule has 0 atom stereocenters. The molecule has 0 bridgehead atoms. The Bertz CT molecular complexity index is 2090. The fourth-order valence-electron chi connectivity index (χ4n) is 6.08. The second-order valence-corrected chi connectivity index (χ2v) is 10.2. The average molecular weight is 481 g/mol. The molecule has 0 amide bonds. The molecule has 38 heavy (non-hydrogen) atoms. The van der Waals surface area contributed by atoms with E-state index in [1.807, 2.05) is 0 Å². The lowest BCUT2D eigenvalue weighted by Gasteiger charge is -2.13. The molecule has 0 radical (unpaired) electrons. The van der Waals surface area contributed by atoms with Gasteiger partial charge in [0, 0.05) is 0 Å². The van der Waals surface area contributed by atoms with Gasteiger partial charge < -0.3 is 0 Å². The summed E-state index contributed by atoms with van der Waals surface area (Å²) in [7, 11) is 0. The number of fused-ring (bicyclic) bond motifs is 6. The average Bonchev–Trinajstić information content (AvgIpc) is 2.99. The van der Waals surface area contributed by atoms with E-state index in [-0.39, 0.29) is 0 Å². The normalized spacial score (nSPS) is 11.7. The van der Waals surface area contributed by atoms with E-state index in [1.54, 1.807) is 0 Å². The topological polar surface area (TPSA) is 0 Å². The van der Waals surface area contributed by atoms with E-state index in [0.717, 1.165) is 0 Å². The highest BCUT2D eigenvalue weighted by molar-refractivity contribution is 6.17. The van der Waals surface area contributed by atoms with Gasteiger partial charge in [-0.25, -0.2) is 0 Å². The van der Waals surface area contributed by atoms with E-state index < -0.39 is 0 Å². The van der Waals surface area contributed by atoms with Crippen LogP contribution in [-0.2, 0) is 0 Å². The minimum atomic E-state index is 1.26.